The van der Waals surface area contributed by atoms with Gasteiger partial charge in [0.15, 0.2) is 0 Å². The van der Waals surface area contributed by atoms with Crippen LogP contribution in [0.3, 0.4) is 0 Å². The molecule has 6 rings (SSSR count). The Morgan fingerprint density at radius 2 is 1.55 bits per heavy atom. The first-order valence-electron chi connectivity index (χ1n) is 12.7. The van der Waals surface area contributed by atoms with Crippen LogP contribution in [0.4, 0.5) is 4.39 Å². The summed E-state index contributed by atoms with van der Waals surface area (Å²) in [7, 11) is 0. The van der Waals surface area contributed by atoms with Crippen molar-refractivity contribution in [2.24, 2.45) is 0 Å². The number of hydrogen-bond donors (Lipinski definition) is 2. The van der Waals surface area contributed by atoms with E-state index >= 15 is 0 Å². The van der Waals surface area contributed by atoms with Crippen LogP contribution in [0.25, 0.3) is 32.8 Å². The summed E-state index contributed by atoms with van der Waals surface area (Å²) < 4.78 is 20.5. The van der Waals surface area contributed by atoms with Crippen molar-refractivity contribution in [2.75, 3.05) is 0 Å². The molecule has 1 heterocycles. The molecule has 0 saturated heterocycles. The number of carbonyl (C=O) groups is 2. The summed E-state index contributed by atoms with van der Waals surface area (Å²) in [4.78, 5) is 24.7. The Balaban J connectivity index is 1.38. The summed E-state index contributed by atoms with van der Waals surface area (Å²) in [5.74, 6) is -1.28. The third-order valence-corrected chi connectivity index (χ3v) is 6.91. The van der Waals surface area contributed by atoms with Crippen molar-refractivity contribution in [1.29, 1.82) is 0 Å². The number of halogens is 1. The number of nitrogens with zero attached hydrogens (tertiary/aromatic N) is 1. The molecule has 0 atom stereocenters. The predicted molar refractivity (Wildman–Crippen MR) is 151 cm³/mol. The van der Waals surface area contributed by atoms with Gasteiger partial charge >= 0.3 is 5.97 Å². The highest BCUT2D eigenvalue weighted by molar-refractivity contribution is 6.08. The van der Waals surface area contributed by atoms with Crippen LogP contribution in [-0.4, -0.2) is 22.1 Å². The van der Waals surface area contributed by atoms with Crippen LogP contribution in [0.1, 0.15) is 37.6 Å². The maximum Gasteiger partial charge on any atom is 0.335 e. The Labute approximate surface area is 228 Å². The van der Waals surface area contributed by atoms with Gasteiger partial charge in [0.2, 0.25) is 0 Å². The highest BCUT2D eigenvalue weighted by atomic mass is 19.1. The van der Waals surface area contributed by atoms with E-state index in [0.29, 0.717) is 39.8 Å². The predicted octanol–water partition coefficient (Wildman–Crippen LogP) is 7.01. The fraction of sp³-hybridized carbons (Fsp3) is 0.0606. The molecule has 7 heteroatoms. The lowest BCUT2D eigenvalue weighted by Crippen LogP contribution is -2.23. The van der Waals surface area contributed by atoms with Crippen molar-refractivity contribution in [3.05, 3.63) is 137 Å². The molecule has 196 valence electrons. The van der Waals surface area contributed by atoms with Crippen LogP contribution in [0.2, 0.25) is 0 Å². The molecule has 6 aromatic rings. The van der Waals surface area contributed by atoms with Crippen molar-refractivity contribution in [3.63, 3.8) is 0 Å². The van der Waals surface area contributed by atoms with Crippen molar-refractivity contribution in [3.8, 4) is 11.1 Å². The molecule has 40 heavy (non-hydrogen) atoms. The zero-order chi connectivity index (χ0) is 27.6. The number of carboxylic acids is 1. The number of aromatic nitrogens is 1. The number of rotatable bonds is 7. The second kappa shape index (κ2) is 10.5. The minimum atomic E-state index is -1.02. The second-order valence-electron chi connectivity index (χ2n) is 9.55. The van der Waals surface area contributed by atoms with Crippen LogP contribution >= 0.6 is 0 Å². The summed E-state index contributed by atoms with van der Waals surface area (Å²) in [6.07, 6.45) is 0.414. The zero-order valence-corrected chi connectivity index (χ0v) is 21.2. The van der Waals surface area contributed by atoms with E-state index in [2.05, 4.69) is 16.5 Å². The van der Waals surface area contributed by atoms with Crippen molar-refractivity contribution in [1.82, 2.24) is 10.5 Å². The van der Waals surface area contributed by atoms with E-state index in [-0.39, 0.29) is 18.0 Å². The summed E-state index contributed by atoms with van der Waals surface area (Å²) in [5.41, 5.74) is 3.52. The Morgan fingerprint density at radius 1 is 0.825 bits per heavy atom. The number of hydrogen-bond acceptors (Lipinski definition) is 4. The second-order valence-corrected chi connectivity index (χ2v) is 9.55. The highest BCUT2D eigenvalue weighted by Gasteiger charge is 2.21. The number of carbonyl (C=O) groups excluding carboxylic acids is 1. The van der Waals surface area contributed by atoms with Crippen molar-refractivity contribution < 1.29 is 23.6 Å². The van der Waals surface area contributed by atoms with Gasteiger partial charge in [0, 0.05) is 18.5 Å². The van der Waals surface area contributed by atoms with E-state index in [1.54, 1.807) is 42.5 Å². The van der Waals surface area contributed by atoms with Gasteiger partial charge in [0.25, 0.3) is 5.91 Å². The Morgan fingerprint density at radius 3 is 2.33 bits per heavy atom. The zero-order valence-electron chi connectivity index (χ0n) is 21.2. The molecule has 1 aromatic heterocycles. The van der Waals surface area contributed by atoms with Gasteiger partial charge in [0.1, 0.15) is 17.1 Å². The van der Waals surface area contributed by atoms with E-state index in [9.17, 15) is 14.0 Å². The van der Waals surface area contributed by atoms with Gasteiger partial charge in [-0.15, -0.1) is 0 Å². The summed E-state index contributed by atoms with van der Waals surface area (Å²) in [5, 5.41) is 19.1. The van der Waals surface area contributed by atoms with Crippen LogP contribution in [0, 0.1) is 5.82 Å². The molecule has 0 unspecified atom stereocenters. The first-order valence-corrected chi connectivity index (χ1v) is 12.7. The Kier molecular flexibility index (Phi) is 6.54. The molecule has 0 saturated carbocycles. The van der Waals surface area contributed by atoms with Crippen molar-refractivity contribution in [2.45, 2.75) is 13.0 Å². The van der Waals surface area contributed by atoms with Crippen molar-refractivity contribution >= 4 is 33.6 Å². The maximum absolute atomic E-state index is 14.7. The molecule has 0 bridgehead atoms. The standard InChI is InChI=1S/C33H23FN2O4/c34-28-8-4-3-7-26(28)25-17-27(32(37)35-19-20-9-13-23(14-10-20)33(38)39)31-29(18-25)36-40-30(31)16-21-11-12-22-5-1-2-6-24(22)15-21/h1-15,17-18H,16,19H2,(H,35,37)(H,38,39). The number of carboxylic acid groups (broad SMARTS) is 1. The molecule has 2 N–H and O–H groups in total. The monoisotopic (exact) mass is 530 g/mol. The van der Waals surface area contributed by atoms with E-state index in [0.717, 1.165) is 21.9 Å². The van der Waals surface area contributed by atoms with Crippen LogP contribution < -0.4 is 5.32 Å². The SMILES string of the molecule is O=C(O)c1ccc(CNC(=O)c2cc(-c3ccccc3F)cc3noc(Cc4ccc5ccccc5c4)c23)cc1. The van der Waals surface area contributed by atoms with Gasteiger partial charge < -0.3 is 14.9 Å². The average molecular weight is 531 g/mol. The lowest BCUT2D eigenvalue weighted by molar-refractivity contribution is 0.0696. The minimum absolute atomic E-state index is 0.164. The molecule has 5 aromatic carbocycles. The topological polar surface area (TPSA) is 92.4 Å². The van der Waals surface area contributed by atoms with Crippen LogP contribution in [0.15, 0.2) is 108 Å². The van der Waals surface area contributed by atoms with Gasteiger partial charge in [-0.3, -0.25) is 4.79 Å². The van der Waals surface area contributed by atoms with Gasteiger partial charge in [0.05, 0.1) is 16.5 Å². The Hall–Kier alpha value is -5.30. The summed E-state index contributed by atoms with van der Waals surface area (Å²) in [6, 6.07) is 30.2. The molecule has 1 amide bonds. The van der Waals surface area contributed by atoms with E-state index < -0.39 is 11.8 Å². The molecule has 0 aliphatic carbocycles. The summed E-state index contributed by atoms with van der Waals surface area (Å²) in [6.45, 7) is 0.176. The van der Waals surface area contributed by atoms with Gasteiger partial charge in [-0.1, -0.05) is 78.0 Å². The minimum Gasteiger partial charge on any atom is -0.478 e. The smallest absolute Gasteiger partial charge is 0.335 e. The largest absolute Gasteiger partial charge is 0.478 e. The number of benzene rings is 5. The number of fused-ring (bicyclic) bond motifs is 2. The molecule has 6 nitrogen and oxygen atoms in total. The molecular weight excluding hydrogens is 507 g/mol. The van der Waals surface area contributed by atoms with Crippen LogP contribution in [0.5, 0.6) is 0 Å². The molecular formula is C33H23FN2O4. The first kappa shape index (κ1) is 25.0. The fourth-order valence-electron chi connectivity index (χ4n) is 4.87. The number of aromatic carboxylic acids is 1. The van der Waals surface area contributed by atoms with Gasteiger partial charge in [-0.25, -0.2) is 9.18 Å². The lowest BCUT2D eigenvalue weighted by atomic mass is 9.96. The maximum atomic E-state index is 14.7. The van der Waals surface area contributed by atoms with Gasteiger partial charge in [-0.05, 0) is 57.8 Å². The molecule has 0 radical (unpaired) electrons. The third-order valence-electron chi connectivity index (χ3n) is 6.91. The average Bonchev–Trinajstić information content (AvgIpc) is 3.38. The van der Waals surface area contributed by atoms with Gasteiger partial charge in [-0.2, -0.15) is 0 Å². The lowest BCUT2D eigenvalue weighted by Gasteiger charge is -2.11. The van der Waals surface area contributed by atoms with Crippen LogP contribution in [-0.2, 0) is 13.0 Å². The quantitative estimate of drug-likeness (QED) is 0.232. The normalized spacial score (nSPS) is 11.1. The third kappa shape index (κ3) is 4.92. The Bertz CT molecular complexity index is 1890. The summed E-state index contributed by atoms with van der Waals surface area (Å²) >= 11 is 0. The highest BCUT2D eigenvalue weighted by Crippen LogP contribution is 2.32. The number of nitrogens with one attached hydrogen (secondary N) is 1. The number of amides is 1. The van der Waals surface area contributed by atoms with E-state index in [4.69, 9.17) is 9.63 Å². The van der Waals surface area contributed by atoms with E-state index in [1.807, 2.05) is 36.4 Å². The molecule has 0 spiro atoms. The van der Waals surface area contributed by atoms with E-state index in [1.165, 1.54) is 18.2 Å². The molecule has 0 aliphatic heterocycles. The first-order chi connectivity index (χ1) is 19.5. The molecule has 0 aliphatic rings. The fourth-order valence-corrected chi connectivity index (χ4v) is 4.87. The molecule has 0 fully saturated rings.